The summed E-state index contributed by atoms with van der Waals surface area (Å²) < 4.78 is 27.3. The predicted molar refractivity (Wildman–Crippen MR) is 161 cm³/mol. The van der Waals surface area contributed by atoms with Gasteiger partial charge in [0.2, 0.25) is 0 Å². The second-order valence-corrected chi connectivity index (χ2v) is 9.48. The summed E-state index contributed by atoms with van der Waals surface area (Å²) in [7, 11) is 6.34. The highest BCUT2D eigenvalue weighted by Gasteiger charge is 2.30. The Labute approximate surface area is 243 Å². The van der Waals surface area contributed by atoms with E-state index < -0.39 is 11.5 Å². The van der Waals surface area contributed by atoms with Gasteiger partial charge >= 0.3 is 5.63 Å². The molecule has 1 atom stereocenters. The highest BCUT2D eigenvalue weighted by atomic mass is 16.5. The van der Waals surface area contributed by atoms with Gasteiger partial charge in [0.05, 0.1) is 34.4 Å². The summed E-state index contributed by atoms with van der Waals surface area (Å²) in [6, 6.07) is 30.3. The lowest BCUT2D eigenvalue weighted by Gasteiger charge is -2.22. The van der Waals surface area contributed by atoms with Gasteiger partial charge in [-0.25, -0.2) is 4.79 Å². The molecule has 1 heterocycles. The standard InChI is InChI=1S/C35H30O7/c1-38-26-13-5-22(6-14-26)32(34(37)24-9-17-28(40-3)18-10-24)30-21-31(36)42-35(25-11-19-29(41-4)20-12-25)33(30)23-7-15-27(39-2)16-8-23/h5-21,32H,1-4H3. The van der Waals surface area contributed by atoms with Crippen molar-refractivity contribution in [3.63, 3.8) is 0 Å². The number of carbonyl (C=O) groups is 1. The Kier molecular flexibility index (Phi) is 8.39. The van der Waals surface area contributed by atoms with Crippen LogP contribution in [0.25, 0.3) is 22.5 Å². The molecule has 0 aliphatic rings. The number of hydrogen-bond acceptors (Lipinski definition) is 7. The highest BCUT2D eigenvalue weighted by Crippen LogP contribution is 2.41. The lowest BCUT2D eigenvalue weighted by Crippen LogP contribution is -2.18. The molecule has 0 amide bonds. The molecule has 0 fully saturated rings. The van der Waals surface area contributed by atoms with Gasteiger partial charge in [-0.05, 0) is 89.5 Å². The fourth-order valence-electron chi connectivity index (χ4n) is 4.93. The van der Waals surface area contributed by atoms with Crippen LogP contribution in [0.5, 0.6) is 23.0 Å². The third-order valence-electron chi connectivity index (χ3n) is 7.12. The fraction of sp³-hybridized carbons (Fsp3) is 0.143. The summed E-state index contributed by atoms with van der Waals surface area (Å²) in [4.78, 5) is 27.6. The normalized spacial score (nSPS) is 11.4. The van der Waals surface area contributed by atoms with E-state index in [0.717, 1.165) is 5.56 Å². The first kappa shape index (κ1) is 28.2. The van der Waals surface area contributed by atoms with E-state index in [4.69, 9.17) is 23.4 Å². The number of hydrogen-bond donors (Lipinski definition) is 0. The second kappa shape index (κ2) is 12.5. The number of ether oxygens (including phenoxy) is 4. The van der Waals surface area contributed by atoms with Crippen LogP contribution in [0.4, 0.5) is 0 Å². The number of benzene rings is 4. The van der Waals surface area contributed by atoms with E-state index in [0.29, 0.717) is 56.6 Å². The minimum absolute atomic E-state index is 0.191. The molecule has 0 saturated heterocycles. The van der Waals surface area contributed by atoms with E-state index in [2.05, 4.69) is 0 Å². The van der Waals surface area contributed by atoms with Crippen molar-refractivity contribution in [2.45, 2.75) is 5.92 Å². The molecule has 0 N–H and O–H groups in total. The molecule has 0 bridgehead atoms. The van der Waals surface area contributed by atoms with Crippen LogP contribution in [-0.2, 0) is 0 Å². The zero-order valence-electron chi connectivity index (χ0n) is 23.8. The predicted octanol–water partition coefficient (Wildman–Crippen LogP) is 7.02. The van der Waals surface area contributed by atoms with Crippen molar-refractivity contribution in [2.75, 3.05) is 28.4 Å². The van der Waals surface area contributed by atoms with Gasteiger partial charge < -0.3 is 23.4 Å². The first-order valence-corrected chi connectivity index (χ1v) is 13.2. The lowest BCUT2D eigenvalue weighted by molar-refractivity contribution is 0.0974. The Morgan fingerprint density at radius 3 is 1.50 bits per heavy atom. The smallest absolute Gasteiger partial charge is 0.336 e. The Morgan fingerprint density at radius 1 is 0.595 bits per heavy atom. The SMILES string of the molecule is COc1ccc(C(=O)C(c2ccc(OC)cc2)c2cc(=O)oc(-c3ccc(OC)cc3)c2-c2ccc(OC)cc2)cc1. The molecule has 0 radical (unpaired) electrons. The molecule has 1 aromatic heterocycles. The van der Waals surface area contributed by atoms with E-state index in [1.54, 1.807) is 77.0 Å². The van der Waals surface area contributed by atoms with Crippen molar-refractivity contribution < 1.29 is 28.2 Å². The zero-order valence-corrected chi connectivity index (χ0v) is 23.8. The average Bonchev–Trinajstić information content (AvgIpc) is 3.05. The summed E-state index contributed by atoms with van der Waals surface area (Å²) in [5.41, 5.74) is 3.12. The largest absolute Gasteiger partial charge is 0.497 e. The number of methoxy groups -OCH3 is 4. The molecule has 5 aromatic rings. The molecule has 4 aromatic carbocycles. The summed E-state index contributed by atoms with van der Waals surface area (Å²) in [6.07, 6.45) is 0. The van der Waals surface area contributed by atoms with Crippen LogP contribution in [0.2, 0.25) is 0 Å². The molecule has 0 saturated carbocycles. The summed E-state index contributed by atoms with van der Waals surface area (Å²) in [5.74, 6) is 1.92. The van der Waals surface area contributed by atoms with Gasteiger partial charge in [0, 0.05) is 22.8 Å². The topological polar surface area (TPSA) is 84.2 Å². The van der Waals surface area contributed by atoms with Crippen LogP contribution in [0, 0.1) is 0 Å². The molecule has 5 rings (SSSR count). The highest BCUT2D eigenvalue weighted by molar-refractivity contribution is 6.04. The number of ketones is 1. The third-order valence-corrected chi connectivity index (χ3v) is 7.12. The maximum Gasteiger partial charge on any atom is 0.336 e. The molecule has 212 valence electrons. The number of carbonyl (C=O) groups excluding carboxylic acids is 1. The minimum atomic E-state index is -0.845. The Morgan fingerprint density at radius 2 is 1.02 bits per heavy atom. The Bertz CT molecular complexity index is 1720. The van der Waals surface area contributed by atoms with Crippen LogP contribution in [0.15, 0.2) is 112 Å². The fourth-order valence-corrected chi connectivity index (χ4v) is 4.93. The van der Waals surface area contributed by atoms with Crippen molar-refractivity contribution in [3.05, 3.63) is 130 Å². The Hall–Kier alpha value is -5.30. The van der Waals surface area contributed by atoms with E-state index in [-0.39, 0.29) is 5.78 Å². The van der Waals surface area contributed by atoms with Crippen molar-refractivity contribution in [1.82, 2.24) is 0 Å². The van der Waals surface area contributed by atoms with Crippen LogP contribution < -0.4 is 24.6 Å². The van der Waals surface area contributed by atoms with Gasteiger partial charge in [-0.2, -0.15) is 0 Å². The monoisotopic (exact) mass is 562 g/mol. The van der Waals surface area contributed by atoms with Crippen molar-refractivity contribution in [3.8, 4) is 45.4 Å². The molecule has 7 nitrogen and oxygen atoms in total. The molecule has 1 unspecified atom stereocenters. The number of Topliss-reactive ketones (excluding diaryl/α,β-unsaturated/α-hetero) is 1. The lowest BCUT2D eigenvalue weighted by atomic mass is 9.80. The van der Waals surface area contributed by atoms with Crippen LogP contribution in [-0.4, -0.2) is 34.2 Å². The van der Waals surface area contributed by atoms with Crippen LogP contribution in [0.3, 0.4) is 0 Å². The maximum atomic E-state index is 14.4. The van der Waals surface area contributed by atoms with Gasteiger partial charge in [0.25, 0.3) is 0 Å². The van der Waals surface area contributed by atoms with Crippen molar-refractivity contribution in [2.24, 2.45) is 0 Å². The molecular weight excluding hydrogens is 532 g/mol. The van der Waals surface area contributed by atoms with Gasteiger partial charge in [-0.1, -0.05) is 24.3 Å². The van der Waals surface area contributed by atoms with E-state index in [1.165, 1.54) is 6.07 Å². The molecule has 0 spiro atoms. The molecular formula is C35H30O7. The van der Waals surface area contributed by atoms with Gasteiger partial charge in [0.1, 0.15) is 28.8 Å². The van der Waals surface area contributed by atoms with Gasteiger partial charge in [0.15, 0.2) is 5.78 Å². The number of rotatable bonds is 10. The first-order valence-electron chi connectivity index (χ1n) is 13.2. The minimum Gasteiger partial charge on any atom is -0.497 e. The van der Waals surface area contributed by atoms with E-state index in [1.807, 2.05) is 48.5 Å². The van der Waals surface area contributed by atoms with Crippen molar-refractivity contribution in [1.29, 1.82) is 0 Å². The quantitative estimate of drug-likeness (QED) is 0.169. The molecule has 0 aliphatic heterocycles. The van der Waals surface area contributed by atoms with Gasteiger partial charge in [-0.3, -0.25) is 4.79 Å². The molecule has 42 heavy (non-hydrogen) atoms. The van der Waals surface area contributed by atoms with Crippen LogP contribution in [0.1, 0.15) is 27.4 Å². The molecule has 0 aliphatic carbocycles. The Balaban J connectivity index is 1.80. The summed E-state index contributed by atoms with van der Waals surface area (Å²) >= 11 is 0. The first-order chi connectivity index (χ1) is 20.4. The molecule has 7 heteroatoms. The zero-order chi connectivity index (χ0) is 29.6. The third kappa shape index (κ3) is 5.76. The van der Waals surface area contributed by atoms with Gasteiger partial charge in [-0.15, -0.1) is 0 Å². The van der Waals surface area contributed by atoms with E-state index in [9.17, 15) is 9.59 Å². The maximum absolute atomic E-state index is 14.4. The van der Waals surface area contributed by atoms with Crippen molar-refractivity contribution >= 4 is 5.78 Å². The summed E-state index contributed by atoms with van der Waals surface area (Å²) in [6.45, 7) is 0. The van der Waals surface area contributed by atoms with E-state index >= 15 is 0 Å². The average molecular weight is 563 g/mol. The second-order valence-electron chi connectivity index (χ2n) is 9.48. The summed E-state index contributed by atoms with van der Waals surface area (Å²) in [5, 5.41) is 0. The van der Waals surface area contributed by atoms with Crippen LogP contribution >= 0.6 is 0 Å².